The minimum Gasteiger partial charge on any atom is -0.462 e. The van der Waals surface area contributed by atoms with Crippen LogP contribution in [-0.2, 0) is 65.4 Å². The van der Waals surface area contributed by atoms with Crippen LogP contribution in [0.2, 0.25) is 0 Å². The zero-order chi connectivity index (χ0) is 64.7. The minimum absolute atomic E-state index is 0.104. The quantitative estimate of drug-likeness (QED) is 0.0222. The van der Waals surface area contributed by atoms with Crippen LogP contribution in [0.3, 0.4) is 0 Å². The molecule has 0 saturated heterocycles. The molecule has 3 N–H and O–H groups in total. The van der Waals surface area contributed by atoms with Gasteiger partial charge in [0, 0.05) is 25.7 Å². The van der Waals surface area contributed by atoms with Crippen LogP contribution in [-0.4, -0.2) is 96.7 Å². The summed E-state index contributed by atoms with van der Waals surface area (Å²) in [6.07, 6.45) is 38.9. The molecular formula is C68H132O17P2. The highest BCUT2D eigenvalue weighted by Crippen LogP contribution is 2.45. The minimum atomic E-state index is -4.95. The van der Waals surface area contributed by atoms with Gasteiger partial charge in [0.1, 0.15) is 19.3 Å². The SMILES string of the molecule is CCC(C)CCCCCCCCCCC(=O)O[C@H](COC(=O)CCCCCCCCCCCCC(C)C)COP(=O)(O)OCC(O)COP(=O)(O)OC[C@@H](COC(=O)CCCCCCCCCC(C)C)OC(=O)CCCCCCCCCCCC(C)C. The van der Waals surface area contributed by atoms with Crippen molar-refractivity contribution in [2.24, 2.45) is 23.7 Å². The number of aliphatic hydroxyl groups excluding tert-OH is 1. The van der Waals surface area contributed by atoms with E-state index in [1.54, 1.807) is 0 Å². The predicted octanol–water partition coefficient (Wildman–Crippen LogP) is 18.9. The molecule has 0 rings (SSSR count). The second-order valence-corrected chi connectivity index (χ2v) is 29.1. The molecule has 19 heteroatoms. The molecule has 0 aliphatic carbocycles. The standard InChI is InChI=1S/C68H132O17P2/c1-9-61(8)47-39-31-23-17-18-26-35-43-51-68(73)85-63(54-78-65(70)48-40-32-24-15-11-10-13-20-28-36-44-58(2)3)56-82-86(74,75)80-52-62(69)53-81-87(76,77)83-57-64(55-79-66(71)49-41-33-27-19-22-30-38-46-60(6)7)84-67(72)50-42-34-25-16-12-14-21-29-37-45-59(4)5/h58-64,69H,9-57H2,1-8H3,(H,74,75)(H,76,77)/t61?,62?,63-,64-/m1/s1. The zero-order valence-corrected chi connectivity index (χ0v) is 58.4. The van der Waals surface area contributed by atoms with Gasteiger partial charge in [-0.2, -0.15) is 0 Å². The van der Waals surface area contributed by atoms with E-state index in [2.05, 4.69) is 55.4 Å². The normalized spacial score (nSPS) is 14.6. The zero-order valence-electron chi connectivity index (χ0n) is 56.6. The topological polar surface area (TPSA) is 237 Å². The summed E-state index contributed by atoms with van der Waals surface area (Å²) in [7, 11) is -9.90. The van der Waals surface area contributed by atoms with E-state index in [0.29, 0.717) is 31.6 Å². The van der Waals surface area contributed by atoms with Crippen LogP contribution in [0.25, 0.3) is 0 Å². The Morgan fingerprint density at radius 2 is 0.552 bits per heavy atom. The van der Waals surface area contributed by atoms with Crippen molar-refractivity contribution in [1.29, 1.82) is 0 Å². The average molecular weight is 1280 g/mol. The van der Waals surface area contributed by atoms with Gasteiger partial charge in [-0.25, -0.2) is 9.13 Å². The maximum Gasteiger partial charge on any atom is 0.472 e. The van der Waals surface area contributed by atoms with Crippen LogP contribution in [0.1, 0.15) is 331 Å². The van der Waals surface area contributed by atoms with E-state index in [-0.39, 0.29) is 25.7 Å². The lowest BCUT2D eigenvalue weighted by molar-refractivity contribution is -0.161. The highest BCUT2D eigenvalue weighted by Gasteiger charge is 2.30. The molecule has 0 aromatic heterocycles. The van der Waals surface area contributed by atoms with Gasteiger partial charge in [-0.1, -0.05) is 280 Å². The monoisotopic (exact) mass is 1280 g/mol. The van der Waals surface area contributed by atoms with Gasteiger partial charge in [0.25, 0.3) is 0 Å². The molecule has 4 unspecified atom stereocenters. The van der Waals surface area contributed by atoms with Crippen LogP contribution in [0, 0.1) is 23.7 Å². The van der Waals surface area contributed by atoms with E-state index in [9.17, 15) is 43.2 Å². The number of carbonyl (C=O) groups is 4. The number of unbranched alkanes of at least 4 members (excludes halogenated alkanes) is 30. The van der Waals surface area contributed by atoms with Crippen molar-refractivity contribution < 1.29 is 80.2 Å². The molecule has 0 aromatic rings. The fourth-order valence-electron chi connectivity index (χ4n) is 10.1. The maximum absolute atomic E-state index is 13.0. The van der Waals surface area contributed by atoms with Crippen LogP contribution in [0.4, 0.5) is 0 Å². The number of carbonyl (C=O) groups excluding carboxylic acids is 4. The van der Waals surface area contributed by atoms with E-state index < -0.39 is 97.5 Å². The second kappa shape index (κ2) is 57.9. The lowest BCUT2D eigenvalue weighted by atomic mass is 9.99. The number of rotatable bonds is 65. The molecule has 0 spiro atoms. The third-order valence-electron chi connectivity index (χ3n) is 15.9. The Bertz CT molecular complexity index is 1730. The number of aliphatic hydroxyl groups is 1. The van der Waals surface area contributed by atoms with Crippen molar-refractivity contribution in [3.8, 4) is 0 Å². The fraction of sp³-hybridized carbons (Fsp3) is 0.941. The van der Waals surface area contributed by atoms with E-state index in [4.69, 9.17) is 37.0 Å². The number of esters is 4. The maximum atomic E-state index is 13.0. The van der Waals surface area contributed by atoms with E-state index in [1.807, 2.05) is 0 Å². The molecule has 0 radical (unpaired) electrons. The van der Waals surface area contributed by atoms with Gasteiger partial charge in [-0.05, 0) is 49.4 Å². The van der Waals surface area contributed by atoms with Crippen LogP contribution < -0.4 is 0 Å². The number of phosphoric acid groups is 2. The Morgan fingerprint density at radius 1 is 0.322 bits per heavy atom. The predicted molar refractivity (Wildman–Crippen MR) is 349 cm³/mol. The Labute approximate surface area is 530 Å². The fourth-order valence-corrected chi connectivity index (χ4v) is 11.7. The van der Waals surface area contributed by atoms with Crippen molar-refractivity contribution in [2.75, 3.05) is 39.6 Å². The first-order valence-electron chi connectivity index (χ1n) is 35.2. The summed E-state index contributed by atoms with van der Waals surface area (Å²) in [4.78, 5) is 72.4. The summed E-state index contributed by atoms with van der Waals surface area (Å²) < 4.78 is 68.2. The molecule has 17 nitrogen and oxygen atoms in total. The van der Waals surface area contributed by atoms with Gasteiger partial charge in [0.15, 0.2) is 12.2 Å². The smallest absolute Gasteiger partial charge is 0.462 e. The molecule has 0 fully saturated rings. The molecule has 0 bridgehead atoms. The molecule has 0 aliphatic rings. The lowest BCUT2D eigenvalue weighted by Gasteiger charge is -2.21. The van der Waals surface area contributed by atoms with Gasteiger partial charge in [0.2, 0.25) is 0 Å². The first-order chi connectivity index (χ1) is 41.6. The number of hydrogen-bond acceptors (Lipinski definition) is 15. The Balaban J connectivity index is 5.27. The van der Waals surface area contributed by atoms with Gasteiger partial charge in [-0.15, -0.1) is 0 Å². The summed E-state index contributed by atoms with van der Waals surface area (Å²) in [6, 6.07) is 0. The highest BCUT2D eigenvalue weighted by molar-refractivity contribution is 7.47. The summed E-state index contributed by atoms with van der Waals surface area (Å²) in [5.74, 6) is 0.835. The highest BCUT2D eigenvalue weighted by atomic mass is 31.2. The summed E-state index contributed by atoms with van der Waals surface area (Å²) in [5, 5.41) is 10.6. The number of ether oxygens (including phenoxy) is 4. The summed E-state index contributed by atoms with van der Waals surface area (Å²) in [5.41, 5.74) is 0. The molecule has 87 heavy (non-hydrogen) atoms. The van der Waals surface area contributed by atoms with Gasteiger partial charge in [-0.3, -0.25) is 37.3 Å². The first-order valence-corrected chi connectivity index (χ1v) is 38.2. The van der Waals surface area contributed by atoms with Gasteiger partial charge >= 0.3 is 39.5 Å². The van der Waals surface area contributed by atoms with Crippen molar-refractivity contribution in [3.05, 3.63) is 0 Å². The van der Waals surface area contributed by atoms with E-state index >= 15 is 0 Å². The molecule has 0 amide bonds. The molecule has 0 aliphatic heterocycles. The molecular weight excluding hydrogens is 1150 g/mol. The van der Waals surface area contributed by atoms with Crippen molar-refractivity contribution >= 4 is 39.5 Å². The van der Waals surface area contributed by atoms with E-state index in [0.717, 1.165) is 114 Å². The molecule has 0 heterocycles. The van der Waals surface area contributed by atoms with Crippen molar-refractivity contribution in [2.45, 2.75) is 350 Å². The van der Waals surface area contributed by atoms with Crippen LogP contribution in [0.5, 0.6) is 0 Å². The van der Waals surface area contributed by atoms with Gasteiger partial charge < -0.3 is 33.8 Å². The largest absolute Gasteiger partial charge is 0.472 e. The summed E-state index contributed by atoms with van der Waals surface area (Å²) in [6.45, 7) is 14.0. The molecule has 0 aromatic carbocycles. The Hall–Kier alpha value is -1.94. The summed E-state index contributed by atoms with van der Waals surface area (Å²) >= 11 is 0. The average Bonchev–Trinajstić information content (AvgIpc) is 3.51. The molecule has 516 valence electrons. The van der Waals surface area contributed by atoms with Crippen molar-refractivity contribution in [1.82, 2.24) is 0 Å². The first kappa shape index (κ1) is 85.1. The van der Waals surface area contributed by atoms with Crippen LogP contribution in [0.15, 0.2) is 0 Å². The second-order valence-electron chi connectivity index (χ2n) is 26.2. The van der Waals surface area contributed by atoms with Crippen molar-refractivity contribution in [3.63, 3.8) is 0 Å². The van der Waals surface area contributed by atoms with Crippen LogP contribution >= 0.6 is 15.6 Å². The molecule has 0 saturated carbocycles. The Morgan fingerprint density at radius 3 is 0.816 bits per heavy atom. The third-order valence-corrected chi connectivity index (χ3v) is 17.8. The number of hydrogen-bond donors (Lipinski definition) is 3. The van der Waals surface area contributed by atoms with Gasteiger partial charge in [0.05, 0.1) is 26.4 Å². The number of phosphoric ester groups is 2. The lowest BCUT2D eigenvalue weighted by Crippen LogP contribution is -2.30. The molecule has 6 atom stereocenters. The third kappa shape index (κ3) is 61.3. The van der Waals surface area contributed by atoms with E-state index in [1.165, 1.54) is 128 Å². The Kier molecular flexibility index (Phi) is 56.6.